The van der Waals surface area contributed by atoms with Gasteiger partial charge in [0.25, 0.3) is 5.91 Å². The number of carbonyl (C=O) groups excluding carboxylic acids is 1. The molecule has 0 saturated carbocycles. The summed E-state index contributed by atoms with van der Waals surface area (Å²) >= 11 is 0. The number of nitrogens with one attached hydrogen (secondary N) is 1. The zero-order valence-electron chi connectivity index (χ0n) is 9.45. The number of amides is 1. The third kappa shape index (κ3) is 1.82. The zero-order chi connectivity index (χ0) is 12.4. The molecule has 18 heavy (non-hydrogen) atoms. The highest BCUT2D eigenvalue weighted by molar-refractivity contribution is 6.00. The first-order valence-corrected chi connectivity index (χ1v) is 5.48. The van der Waals surface area contributed by atoms with Crippen molar-refractivity contribution in [2.45, 2.75) is 0 Å². The van der Waals surface area contributed by atoms with Crippen LogP contribution >= 0.6 is 0 Å². The van der Waals surface area contributed by atoms with Crippen LogP contribution in [0.4, 0.5) is 0 Å². The summed E-state index contributed by atoms with van der Waals surface area (Å²) in [6, 6.07) is 11.0. The molecule has 0 aliphatic carbocycles. The van der Waals surface area contributed by atoms with Gasteiger partial charge >= 0.3 is 0 Å². The number of hydrogen-bond acceptors (Lipinski definition) is 3. The van der Waals surface area contributed by atoms with E-state index in [9.17, 15) is 4.79 Å². The van der Waals surface area contributed by atoms with Gasteiger partial charge in [0, 0.05) is 12.4 Å². The Morgan fingerprint density at radius 1 is 1.17 bits per heavy atom. The normalized spacial score (nSPS) is 10.4. The maximum Gasteiger partial charge on any atom is 0.271 e. The molecule has 1 N–H and O–H groups in total. The molecule has 2 aromatic heterocycles. The van der Waals surface area contributed by atoms with Gasteiger partial charge in [-0.05, 0) is 24.3 Å². The highest BCUT2D eigenvalue weighted by Crippen LogP contribution is 2.10. The van der Waals surface area contributed by atoms with Gasteiger partial charge in [0.15, 0.2) is 0 Å². The van der Waals surface area contributed by atoms with E-state index in [1.54, 1.807) is 29.3 Å². The van der Waals surface area contributed by atoms with E-state index in [0.717, 1.165) is 11.0 Å². The van der Waals surface area contributed by atoms with Crippen molar-refractivity contribution < 1.29 is 4.79 Å². The van der Waals surface area contributed by atoms with Gasteiger partial charge in [-0.25, -0.2) is 9.66 Å². The minimum Gasteiger partial charge on any atom is -0.267 e. The van der Waals surface area contributed by atoms with E-state index in [-0.39, 0.29) is 5.91 Å². The van der Waals surface area contributed by atoms with Crippen LogP contribution in [0.15, 0.2) is 55.1 Å². The van der Waals surface area contributed by atoms with Crippen LogP contribution in [0.3, 0.4) is 0 Å². The molecule has 0 atom stereocenters. The summed E-state index contributed by atoms with van der Waals surface area (Å²) in [5.74, 6) is -0.216. The molecular weight excluding hydrogens is 228 g/mol. The molecule has 0 aliphatic heterocycles. The molecule has 5 nitrogen and oxygen atoms in total. The van der Waals surface area contributed by atoms with E-state index in [4.69, 9.17) is 0 Å². The SMILES string of the molecule is O=C(Nn1cnc2ccccc21)c1cccnc1. The molecule has 1 aromatic carbocycles. The van der Waals surface area contributed by atoms with Gasteiger partial charge in [-0.15, -0.1) is 0 Å². The fraction of sp³-hybridized carbons (Fsp3) is 0. The van der Waals surface area contributed by atoms with E-state index in [2.05, 4.69) is 15.4 Å². The van der Waals surface area contributed by atoms with Crippen LogP contribution in [-0.2, 0) is 0 Å². The lowest BCUT2D eigenvalue weighted by Gasteiger charge is -2.06. The second kappa shape index (κ2) is 4.29. The first kappa shape index (κ1) is 10.5. The lowest BCUT2D eigenvalue weighted by atomic mass is 10.3. The minimum absolute atomic E-state index is 0.216. The molecule has 0 unspecified atom stereocenters. The summed E-state index contributed by atoms with van der Waals surface area (Å²) in [5, 5.41) is 0. The van der Waals surface area contributed by atoms with Crippen molar-refractivity contribution in [1.82, 2.24) is 14.6 Å². The molecule has 0 saturated heterocycles. The van der Waals surface area contributed by atoms with Gasteiger partial charge in [-0.1, -0.05) is 12.1 Å². The van der Waals surface area contributed by atoms with E-state index in [1.165, 1.54) is 6.20 Å². The zero-order valence-corrected chi connectivity index (χ0v) is 9.45. The Hall–Kier alpha value is -2.69. The minimum atomic E-state index is -0.216. The number of rotatable bonds is 2. The maximum atomic E-state index is 12.0. The fourth-order valence-corrected chi connectivity index (χ4v) is 1.72. The first-order chi connectivity index (χ1) is 8.84. The Kier molecular flexibility index (Phi) is 2.49. The van der Waals surface area contributed by atoms with Crippen molar-refractivity contribution in [3.63, 3.8) is 0 Å². The molecule has 88 valence electrons. The number of aromatic nitrogens is 3. The van der Waals surface area contributed by atoms with E-state index in [0.29, 0.717) is 5.56 Å². The molecule has 0 bridgehead atoms. The molecule has 0 aliphatic rings. The smallest absolute Gasteiger partial charge is 0.267 e. The van der Waals surface area contributed by atoms with Crippen LogP contribution in [0.25, 0.3) is 11.0 Å². The average molecular weight is 238 g/mol. The highest BCUT2D eigenvalue weighted by atomic mass is 16.2. The van der Waals surface area contributed by atoms with Crippen LogP contribution in [0, 0.1) is 0 Å². The largest absolute Gasteiger partial charge is 0.271 e. The van der Waals surface area contributed by atoms with Gasteiger partial charge in [-0.2, -0.15) is 0 Å². The summed E-state index contributed by atoms with van der Waals surface area (Å²) in [7, 11) is 0. The third-order valence-electron chi connectivity index (χ3n) is 2.60. The summed E-state index contributed by atoms with van der Waals surface area (Å²) in [4.78, 5) is 20.1. The van der Waals surface area contributed by atoms with Crippen LogP contribution < -0.4 is 5.43 Å². The van der Waals surface area contributed by atoms with E-state index in [1.807, 2.05) is 24.3 Å². The van der Waals surface area contributed by atoms with Gasteiger partial charge in [0.1, 0.15) is 6.33 Å². The van der Waals surface area contributed by atoms with Crippen molar-refractivity contribution in [1.29, 1.82) is 0 Å². The van der Waals surface area contributed by atoms with Gasteiger partial charge in [-0.3, -0.25) is 15.2 Å². The van der Waals surface area contributed by atoms with E-state index >= 15 is 0 Å². The number of fused-ring (bicyclic) bond motifs is 1. The van der Waals surface area contributed by atoms with E-state index < -0.39 is 0 Å². The lowest BCUT2D eigenvalue weighted by Crippen LogP contribution is -2.22. The Morgan fingerprint density at radius 2 is 2.06 bits per heavy atom. The average Bonchev–Trinajstić information content (AvgIpc) is 2.83. The number of nitrogens with zero attached hydrogens (tertiary/aromatic N) is 3. The number of hydrogen-bond donors (Lipinski definition) is 1. The molecule has 0 fully saturated rings. The van der Waals surface area contributed by atoms with Crippen LogP contribution in [0.5, 0.6) is 0 Å². The molecular formula is C13H10N4O. The van der Waals surface area contributed by atoms with Crippen molar-refractivity contribution in [2.24, 2.45) is 0 Å². The topological polar surface area (TPSA) is 59.8 Å². The molecule has 3 rings (SSSR count). The van der Waals surface area contributed by atoms with Crippen LogP contribution in [0.2, 0.25) is 0 Å². The quantitative estimate of drug-likeness (QED) is 0.740. The van der Waals surface area contributed by atoms with Crippen LogP contribution in [0.1, 0.15) is 10.4 Å². The molecule has 0 radical (unpaired) electrons. The second-order valence-corrected chi connectivity index (χ2v) is 3.79. The van der Waals surface area contributed by atoms with Gasteiger partial charge < -0.3 is 0 Å². The summed E-state index contributed by atoms with van der Waals surface area (Å²) in [6.07, 6.45) is 4.73. The fourth-order valence-electron chi connectivity index (χ4n) is 1.72. The first-order valence-electron chi connectivity index (χ1n) is 5.48. The Labute approximate surface area is 103 Å². The molecule has 2 heterocycles. The third-order valence-corrected chi connectivity index (χ3v) is 2.60. The van der Waals surface area contributed by atoms with Crippen molar-refractivity contribution in [3.05, 3.63) is 60.7 Å². The Bertz CT molecular complexity index is 690. The summed E-state index contributed by atoms with van der Waals surface area (Å²) in [6.45, 7) is 0. The predicted octanol–water partition coefficient (Wildman–Crippen LogP) is 1.82. The number of benzene rings is 1. The van der Waals surface area contributed by atoms with Gasteiger partial charge in [0.2, 0.25) is 0 Å². The molecule has 5 heteroatoms. The summed E-state index contributed by atoms with van der Waals surface area (Å²) in [5.41, 5.74) is 4.96. The maximum absolute atomic E-state index is 12.0. The van der Waals surface area contributed by atoms with Crippen molar-refractivity contribution in [3.8, 4) is 0 Å². The molecule has 3 aromatic rings. The van der Waals surface area contributed by atoms with Crippen LogP contribution in [-0.4, -0.2) is 20.6 Å². The second-order valence-electron chi connectivity index (χ2n) is 3.79. The lowest BCUT2D eigenvalue weighted by molar-refractivity contribution is 0.101. The Balaban J connectivity index is 1.91. The Morgan fingerprint density at radius 3 is 2.89 bits per heavy atom. The van der Waals surface area contributed by atoms with Crippen molar-refractivity contribution >= 4 is 16.9 Å². The number of imidazole rings is 1. The molecule has 0 spiro atoms. The number of carbonyl (C=O) groups is 1. The highest BCUT2D eigenvalue weighted by Gasteiger charge is 2.07. The summed E-state index contributed by atoms with van der Waals surface area (Å²) < 4.78 is 1.60. The number of para-hydroxylation sites is 2. The monoisotopic (exact) mass is 238 g/mol. The van der Waals surface area contributed by atoms with Gasteiger partial charge in [0.05, 0.1) is 16.6 Å². The van der Waals surface area contributed by atoms with Crippen molar-refractivity contribution in [2.75, 3.05) is 5.43 Å². The standard InChI is InChI=1S/C13H10N4O/c18-13(10-4-3-7-14-8-10)16-17-9-15-11-5-1-2-6-12(11)17/h1-9H,(H,16,18). The molecule has 1 amide bonds. The number of pyridine rings is 1. The predicted molar refractivity (Wildman–Crippen MR) is 67.7 cm³/mol.